The summed E-state index contributed by atoms with van der Waals surface area (Å²) in [5, 5.41) is 7.92. The molecule has 0 spiro atoms. The third kappa shape index (κ3) is 7.03. The molecule has 0 bridgehead atoms. The van der Waals surface area contributed by atoms with Crippen molar-refractivity contribution >= 4 is 29.1 Å². The lowest BCUT2D eigenvalue weighted by molar-refractivity contribution is -0.135. The number of aromatic nitrogens is 1. The molecule has 1 heterocycles. The van der Waals surface area contributed by atoms with Gasteiger partial charge in [-0.2, -0.15) is 0 Å². The van der Waals surface area contributed by atoms with E-state index < -0.39 is 5.91 Å². The number of thiazole rings is 1. The molecule has 170 valence electrons. The maximum absolute atomic E-state index is 12.7. The molecule has 0 saturated carbocycles. The van der Waals surface area contributed by atoms with Crippen LogP contribution in [-0.2, 0) is 14.3 Å². The van der Waals surface area contributed by atoms with Crippen molar-refractivity contribution in [1.29, 1.82) is 0 Å². The van der Waals surface area contributed by atoms with Crippen molar-refractivity contribution in [2.75, 3.05) is 27.7 Å². The van der Waals surface area contributed by atoms with E-state index in [1.807, 2.05) is 27.7 Å². The fourth-order valence-electron chi connectivity index (χ4n) is 3.29. The van der Waals surface area contributed by atoms with Gasteiger partial charge in [0.2, 0.25) is 11.8 Å². The highest BCUT2D eigenvalue weighted by Gasteiger charge is 2.29. The zero-order valence-electron chi connectivity index (χ0n) is 18.9. The van der Waals surface area contributed by atoms with Crippen molar-refractivity contribution in [1.82, 2.24) is 20.5 Å². The smallest absolute Gasteiger partial charge is 0.268 e. The van der Waals surface area contributed by atoms with E-state index in [0.717, 1.165) is 0 Å². The molecule has 1 rings (SSSR count). The number of hydrogen-bond donors (Lipinski definition) is 3. The molecule has 1 aromatic rings. The summed E-state index contributed by atoms with van der Waals surface area (Å²) in [6.07, 6.45) is 0.122. The van der Waals surface area contributed by atoms with Crippen LogP contribution in [0, 0.1) is 11.8 Å². The molecule has 30 heavy (non-hydrogen) atoms. The van der Waals surface area contributed by atoms with Gasteiger partial charge < -0.3 is 26.0 Å². The van der Waals surface area contributed by atoms with Crippen molar-refractivity contribution < 1.29 is 19.1 Å². The van der Waals surface area contributed by atoms with E-state index in [0.29, 0.717) is 11.4 Å². The lowest BCUT2D eigenvalue weighted by Crippen LogP contribution is -2.50. The topological polar surface area (TPSA) is 127 Å². The van der Waals surface area contributed by atoms with Gasteiger partial charge in [0.1, 0.15) is 16.8 Å². The van der Waals surface area contributed by atoms with E-state index in [1.54, 1.807) is 31.5 Å². The number of amides is 3. The number of ether oxygens (including phenoxy) is 1. The monoisotopic (exact) mass is 441 g/mol. The largest absolute Gasteiger partial charge is 0.374 e. The molecule has 10 heteroatoms. The highest BCUT2D eigenvalue weighted by Crippen LogP contribution is 2.29. The fourth-order valence-corrected chi connectivity index (χ4v) is 4.19. The van der Waals surface area contributed by atoms with Gasteiger partial charge in [-0.05, 0) is 18.9 Å². The number of primary amides is 1. The first-order valence-corrected chi connectivity index (χ1v) is 10.9. The first-order valence-electron chi connectivity index (χ1n) is 10.0. The van der Waals surface area contributed by atoms with E-state index in [1.165, 1.54) is 11.3 Å². The molecule has 0 saturated heterocycles. The molecule has 0 radical (unpaired) electrons. The van der Waals surface area contributed by atoms with Crippen LogP contribution in [0.1, 0.15) is 55.7 Å². The fraction of sp³-hybridized carbons (Fsp3) is 0.700. The Morgan fingerprint density at radius 3 is 2.30 bits per heavy atom. The van der Waals surface area contributed by atoms with Gasteiger partial charge in [0, 0.05) is 32.0 Å². The second-order valence-electron chi connectivity index (χ2n) is 7.94. The third-order valence-electron chi connectivity index (χ3n) is 5.12. The average Bonchev–Trinajstić information content (AvgIpc) is 3.16. The minimum absolute atomic E-state index is 0.0792. The van der Waals surface area contributed by atoms with Crippen LogP contribution in [0.4, 0.5) is 0 Å². The highest BCUT2D eigenvalue weighted by atomic mass is 32.1. The Morgan fingerprint density at radius 2 is 1.87 bits per heavy atom. The molecule has 3 amide bonds. The first kappa shape index (κ1) is 26.0. The van der Waals surface area contributed by atoms with Crippen LogP contribution in [0.5, 0.6) is 0 Å². The number of carbonyl (C=O) groups excluding carboxylic acids is 3. The Bertz CT molecular complexity index is 722. The number of nitrogens with zero attached hydrogens (tertiary/aromatic N) is 2. The molecule has 0 aromatic carbocycles. The van der Waals surface area contributed by atoms with E-state index >= 15 is 0 Å². The lowest BCUT2D eigenvalue weighted by Gasteiger charge is -2.33. The Kier molecular flexibility index (Phi) is 10.4. The Balaban J connectivity index is 2.83. The summed E-state index contributed by atoms with van der Waals surface area (Å²) < 4.78 is 5.59. The zero-order valence-corrected chi connectivity index (χ0v) is 19.7. The van der Waals surface area contributed by atoms with Gasteiger partial charge in [-0.15, -0.1) is 11.3 Å². The number of carbonyl (C=O) groups is 3. The number of nitrogens with one attached hydrogen (secondary N) is 2. The molecule has 0 aliphatic carbocycles. The van der Waals surface area contributed by atoms with Crippen LogP contribution in [-0.4, -0.2) is 67.4 Å². The highest BCUT2D eigenvalue weighted by molar-refractivity contribution is 7.09. The number of methoxy groups -OCH3 is 1. The van der Waals surface area contributed by atoms with Crippen LogP contribution in [0.15, 0.2) is 5.38 Å². The van der Waals surface area contributed by atoms with Crippen LogP contribution < -0.4 is 16.4 Å². The van der Waals surface area contributed by atoms with Gasteiger partial charge in [-0.3, -0.25) is 14.4 Å². The van der Waals surface area contributed by atoms with Crippen LogP contribution in [0.25, 0.3) is 0 Å². The standard InChI is InChI=1S/C20H35N5O4S/c1-11(2)14(8-15(29-7)20-24-13(10-30-20)18(21)27)25(6)16(26)9-23-19(28)17(22-5)12(3)4/h10-12,14-15,17,22H,8-9H2,1-7H3,(H2,21,27)(H,23,28)/t14-,15?,17+/m1/s1. The molecule has 1 aromatic heterocycles. The Morgan fingerprint density at radius 1 is 1.23 bits per heavy atom. The van der Waals surface area contributed by atoms with Gasteiger partial charge in [-0.25, -0.2) is 4.98 Å². The van der Waals surface area contributed by atoms with Gasteiger partial charge in [0.05, 0.1) is 12.6 Å². The van der Waals surface area contributed by atoms with Crippen molar-refractivity contribution in [2.24, 2.45) is 17.6 Å². The van der Waals surface area contributed by atoms with Crippen LogP contribution >= 0.6 is 11.3 Å². The molecule has 0 aliphatic rings. The summed E-state index contributed by atoms with van der Waals surface area (Å²) >= 11 is 1.30. The van der Waals surface area contributed by atoms with Gasteiger partial charge in [0.15, 0.2) is 0 Å². The second-order valence-corrected chi connectivity index (χ2v) is 8.83. The van der Waals surface area contributed by atoms with Crippen LogP contribution in [0.2, 0.25) is 0 Å². The van der Waals surface area contributed by atoms with Crippen molar-refractivity contribution in [2.45, 2.75) is 52.3 Å². The maximum Gasteiger partial charge on any atom is 0.268 e. The van der Waals surface area contributed by atoms with Gasteiger partial charge in [0.25, 0.3) is 5.91 Å². The molecule has 4 N–H and O–H groups in total. The predicted molar refractivity (Wildman–Crippen MR) is 117 cm³/mol. The average molecular weight is 442 g/mol. The summed E-state index contributed by atoms with van der Waals surface area (Å²) in [6, 6.07) is -0.503. The van der Waals surface area contributed by atoms with Gasteiger partial charge in [-0.1, -0.05) is 27.7 Å². The van der Waals surface area contributed by atoms with Crippen molar-refractivity contribution in [3.63, 3.8) is 0 Å². The summed E-state index contributed by atoms with van der Waals surface area (Å²) in [7, 11) is 5.01. The van der Waals surface area contributed by atoms with E-state index in [9.17, 15) is 14.4 Å². The molecule has 1 unspecified atom stereocenters. The lowest BCUT2D eigenvalue weighted by atomic mass is 9.96. The molecule has 0 aliphatic heterocycles. The second kappa shape index (κ2) is 12.0. The summed E-state index contributed by atoms with van der Waals surface area (Å²) in [4.78, 5) is 42.3. The van der Waals surface area contributed by atoms with E-state index in [-0.39, 0.29) is 54.1 Å². The summed E-state index contributed by atoms with van der Waals surface area (Å²) in [5.74, 6) is -0.725. The molecule has 0 fully saturated rings. The minimum Gasteiger partial charge on any atom is -0.374 e. The molecule has 9 nitrogen and oxygen atoms in total. The van der Waals surface area contributed by atoms with E-state index in [4.69, 9.17) is 10.5 Å². The summed E-state index contributed by atoms with van der Waals surface area (Å²) in [6.45, 7) is 7.84. The zero-order chi connectivity index (χ0) is 23.0. The van der Waals surface area contributed by atoms with Crippen molar-refractivity contribution in [3.8, 4) is 0 Å². The first-order chi connectivity index (χ1) is 14.0. The third-order valence-corrected chi connectivity index (χ3v) is 6.06. The Hall–Kier alpha value is -2.04. The van der Waals surface area contributed by atoms with Crippen molar-refractivity contribution in [3.05, 3.63) is 16.1 Å². The van der Waals surface area contributed by atoms with Crippen LogP contribution in [0.3, 0.4) is 0 Å². The minimum atomic E-state index is -0.586. The molecule has 3 atom stereocenters. The SMILES string of the molecule is CN[C@H](C(=O)NCC(=O)N(C)[C@H](CC(OC)c1nc(C(N)=O)cs1)C(C)C)C(C)C. The molecular weight excluding hydrogens is 406 g/mol. The Labute approximate surface area is 182 Å². The number of hydrogen-bond acceptors (Lipinski definition) is 7. The molecular formula is C20H35N5O4S. The normalized spacial score (nSPS) is 14.4. The van der Waals surface area contributed by atoms with Gasteiger partial charge >= 0.3 is 0 Å². The number of nitrogens with two attached hydrogens (primary N) is 1. The summed E-state index contributed by atoms with van der Waals surface area (Å²) in [5.41, 5.74) is 5.49. The van der Waals surface area contributed by atoms with E-state index in [2.05, 4.69) is 15.6 Å². The predicted octanol–water partition coefficient (Wildman–Crippen LogP) is 1.16. The number of rotatable bonds is 12. The number of likely N-dealkylation sites (N-methyl/N-ethyl adjacent to an activating group) is 2. The maximum atomic E-state index is 12.7. The quantitative estimate of drug-likeness (QED) is 0.447.